The average molecular weight is 312 g/mol. The van der Waals surface area contributed by atoms with Crippen LogP contribution in [0.3, 0.4) is 0 Å². The van der Waals surface area contributed by atoms with E-state index in [9.17, 15) is 17.4 Å². The monoisotopic (exact) mass is 312 g/mol. The maximum Gasteiger partial charge on any atom is 0.322 e. The van der Waals surface area contributed by atoms with Crippen molar-refractivity contribution in [2.24, 2.45) is 0 Å². The lowest BCUT2D eigenvalue weighted by atomic mass is 10.1. The Morgan fingerprint density at radius 2 is 2.16 bits per heavy atom. The van der Waals surface area contributed by atoms with Gasteiger partial charge in [0.15, 0.2) is 0 Å². The predicted octanol–water partition coefficient (Wildman–Crippen LogP) is -0.473. The van der Waals surface area contributed by atoms with E-state index in [1.807, 2.05) is 0 Å². The Morgan fingerprint density at radius 3 is 2.68 bits per heavy atom. The van der Waals surface area contributed by atoms with Crippen LogP contribution in [0, 0.1) is 0 Å². The summed E-state index contributed by atoms with van der Waals surface area (Å²) in [7, 11) is -4.97. The second-order valence-corrected chi connectivity index (χ2v) is 7.86. The summed E-state index contributed by atoms with van der Waals surface area (Å²) in [6.45, 7) is 1.81. The molecule has 3 unspecified atom stereocenters. The molecule has 2 N–H and O–H groups in total. The van der Waals surface area contributed by atoms with E-state index in [4.69, 9.17) is 5.11 Å². The highest BCUT2D eigenvalue weighted by Crippen LogP contribution is 2.20. The number of hydrogen-bond donors (Lipinski definition) is 2. The molecule has 0 amide bonds. The second kappa shape index (κ2) is 6.78. The Balaban J connectivity index is 2.79. The molecule has 7 nitrogen and oxygen atoms in total. The molecule has 0 aromatic rings. The van der Waals surface area contributed by atoms with Gasteiger partial charge in [-0.2, -0.15) is 17.4 Å². The fourth-order valence-corrected chi connectivity index (χ4v) is 4.67. The lowest BCUT2D eigenvalue weighted by Crippen LogP contribution is -2.54. The first-order chi connectivity index (χ1) is 8.74. The minimum absolute atomic E-state index is 0.199. The molecule has 0 aromatic carbocycles. The molecule has 19 heavy (non-hydrogen) atoms. The van der Waals surface area contributed by atoms with Gasteiger partial charge in [0.1, 0.15) is 6.04 Å². The van der Waals surface area contributed by atoms with Crippen molar-refractivity contribution in [2.75, 3.05) is 18.6 Å². The van der Waals surface area contributed by atoms with Crippen molar-refractivity contribution in [3.8, 4) is 0 Å². The number of piperidine rings is 1. The van der Waals surface area contributed by atoms with Gasteiger partial charge < -0.3 is 5.11 Å². The van der Waals surface area contributed by atoms with E-state index in [0.29, 0.717) is 19.3 Å². The van der Waals surface area contributed by atoms with Crippen molar-refractivity contribution in [3.63, 3.8) is 0 Å². The summed E-state index contributed by atoms with van der Waals surface area (Å²) < 4.78 is 38.7. The summed E-state index contributed by atoms with van der Waals surface area (Å²) >= 11 is 0. The van der Waals surface area contributed by atoms with E-state index >= 15 is 0 Å². The molecule has 1 rings (SSSR count). The predicted molar refractivity (Wildman–Crippen MR) is 72.4 cm³/mol. The highest BCUT2D eigenvalue weighted by Gasteiger charge is 2.37. The van der Waals surface area contributed by atoms with Crippen LogP contribution in [-0.4, -0.2) is 58.6 Å². The Hall–Kier alpha value is -0.510. The topological polar surface area (TPSA) is 104 Å². The first-order valence-electron chi connectivity index (χ1n) is 6.06. The fraction of sp³-hybridized carbons (Fsp3) is 0.900. The van der Waals surface area contributed by atoms with Crippen LogP contribution >= 0.6 is 0 Å². The number of nitrogens with one attached hydrogen (secondary N) is 1. The summed E-state index contributed by atoms with van der Waals surface area (Å²) in [6, 6.07) is -1.50. The molecule has 9 heteroatoms. The van der Waals surface area contributed by atoms with Gasteiger partial charge in [0.05, 0.1) is 0 Å². The largest absolute Gasteiger partial charge is 0.480 e. The number of carboxylic acid groups (broad SMARTS) is 1. The highest BCUT2D eigenvalue weighted by atomic mass is 32.2. The molecule has 0 aliphatic carbocycles. The van der Waals surface area contributed by atoms with Crippen LogP contribution in [0.2, 0.25) is 0 Å². The first-order valence-corrected chi connectivity index (χ1v) is 9.22. The summed E-state index contributed by atoms with van der Waals surface area (Å²) in [4.78, 5) is 11.1. The molecule has 0 spiro atoms. The standard InChI is InChI=1S/C10H20N2O5S2/c1-8(7-18(2)15)11-19(16,17)12-6-4-3-5-9(12)10(13)14/h8-9,11H,3-7H2,1-2H3,(H,13,14). The second-order valence-electron chi connectivity index (χ2n) is 4.72. The lowest BCUT2D eigenvalue weighted by Gasteiger charge is -2.32. The average Bonchev–Trinajstić information content (AvgIpc) is 2.26. The molecule has 0 saturated carbocycles. The normalized spacial score (nSPS) is 24.8. The molecule has 0 aromatic heterocycles. The van der Waals surface area contributed by atoms with E-state index in [2.05, 4.69) is 4.72 Å². The summed E-state index contributed by atoms with van der Waals surface area (Å²) in [5.41, 5.74) is 0. The Bertz CT molecular complexity index is 451. The SMILES string of the molecule is CC(CS(C)=O)NS(=O)(=O)N1CCCCC1C(=O)O. The van der Waals surface area contributed by atoms with Gasteiger partial charge in [0.2, 0.25) is 0 Å². The number of aliphatic carboxylic acids is 1. The lowest BCUT2D eigenvalue weighted by molar-refractivity contribution is -0.142. The van der Waals surface area contributed by atoms with Crippen LogP contribution < -0.4 is 4.72 Å². The molecule has 1 aliphatic rings. The highest BCUT2D eigenvalue weighted by molar-refractivity contribution is 7.87. The minimum atomic E-state index is -3.85. The van der Waals surface area contributed by atoms with Gasteiger partial charge in [-0.15, -0.1) is 0 Å². The zero-order chi connectivity index (χ0) is 14.6. The molecule has 0 radical (unpaired) electrons. The van der Waals surface area contributed by atoms with Crippen LogP contribution in [-0.2, 0) is 25.8 Å². The van der Waals surface area contributed by atoms with Crippen molar-refractivity contribution in [1.29, 1.82) is 0 Å². The molecule has 1 saturated heterocycles. The number of hydrogen-bond acceptors (Lipinski definition) is 4. The third kappa shape index (κ3) is 4.83. The van der Waals surface area contributed by atoms with Crippen molar-refractivity contribution in [1.82, 2.24) is 9.03 Å². The molecular formula is C10H20N2O5S2. The van der Waals surface area contributed by atoms with Crippen molar-refractivity contribution in [3.05, 3.63) is 0 Å². The molecule has 0 bridgehead atoms. The van der Waals surface area contributed by atoms with E-state index in [-0.39, 0.29) is 12.3 Å². The van der Waals surface area contributed by atoms with Crippen LogP contribution in [0.1, 0.15) is 26.2 Å². The van der Waals surface area contributed by atoms with Gasteiger partial charge in [0, 0.05) is 35.4 Å². The van der Waals surface area contributed by atoms with E-state index in [0.717, 1.165) is 4.31 Å². The fourth-order valence-electron chi connectivity index (χ4n) is 2.15. The molecule has 1 aliphatic heterocycles. The first kappa shape index (κ1) is 16.5. The summed E-state index contributed by atoms with van der Waals surface area (Å²) in [5, 5.41) is 9.07. The van der Waals surface area contributed by atoms with E-state index < -0.39 is 39.1 Å². The molecule has 3 atom stereocenters. The van der Waals surface area contributed by atoms with Crippen molar-refractivity contribution < 1.29 is 22.5 Å². The Morgan fingerprint density at radius 1 is 1.53 bits per heavy atom. The molecule has 1 fully saturated rings. The number of carbonyl (C=O) groups is 1. The number of carboxylic acids is 1. The molecular weight excluding hydrogens is 292 g/mol. The van der Waals surface area contributed by atoms with Gasteiger partial charge in [-0.25, -0.2) is 0 Å². The number of rotatable bonds is 6. The zero-order valence-electron chi connectivity index (χ0n) is 11.0. The van der Waals surface area contributed by atoms with Crippen LogP contribution in [0.25, 0.3) is 0 Å². The quantitative estimate of drug-likeness (QED) is 0.690. The summed E-state index contributed by atoms with van der Waals surface area (Å²) in [6.07, 6.45) is 3.17. The Kier molecular flexibility index (Phi) is 5.90. The van der Waals surface area contributed by atoms with Crippen LogP contribution in [0.15, 0.2) is 0 Å². The van der Waals surface area contributed by atoms with E-state index in [1.165, 1.54) is 6.26 Å². The maximum absolute atomic E-state index is 12.1. The van der Waals surface area contributed by atoms with Crippen LogP contribution in [0.5, 0.6) is 0 Å². The molecule has 112 valence electrons. The third-order valence-corrected chi connectivity index (χ3v) is 5.61. The zero-order valence-corrected chi connectivity index (χ0v) is 12.7. The van der Waals surface area contributed by atoms with Gasteiger partial charge in [-0.05, 0) is 26.2 Å². The summed E-state index contributed by atoms with van der Waals surface area (Å²) in [5.74, 6) is -0.929. The van der Waals surface area contributed by atoms with Crippen molar-refractivity contribution >= 4 is 27.0 Å². The van der Waals surface area contributed by atoms with Gasteiger partial charge in [-0.3, -0.25) is 9.00 Å². The van der Waals surface area contributed by atoms with Gasteiger partial charge in [0.25, 0.3) is 10.2 Å². The number of nitrogens with zero attached hydrogens (tertiary/aromatic N) is 1. The Labute approximate surface area is 116 Å². The third-order valence-electron chi connectivity index (χ3n) is 2.88. The minimum Gasteiger partial charge on any atom is -0.480 e. The van der Waals surface area contributed by atoms with Gasteiger partial charge in [-0.1, -0.05) is 0 Å². The van der Waals surface area contributed by atoms with Crippen LogP contribution in [0.4, 0.5) is 0 Å². The van der Waals surface area contributed by atoms with Gasteiger partial charge >= 0.3 is 5.97 Å². The maximum atomic E-state index is 12.1. The smallest absolute Gasteiger partial charge is 0.322 e. The van der Waals surface area contributed by atoms with Crippen molar-refractivity contribution in [2.45, 2.75) is 38.3 Å². The van der Waals surface area contributed by atoms with E-state index in [1.54, 1.807) is 6.92 Å². The molecule has 1 heterocycles.